The molecule has 2 aliphatic rings. The summed E-state index contributed by atoms with van der Waals surface area (Å²) < 4.78 is 9.28. The van der Waals surface area contributed by atoms with Gasteiger partial charge in [-0.15, -0.1) is 0 Å². The lowest BCUT2D eigenvalue weighted by Crippen LogP contribution is -2.45. The molecule has 0 aromatic carbocycles. The van der Waals surface area contributed by atoms with Gasteiger partial charge in [-0.3, -0.25) is 0 Å². The summed E-state index contributed by atoms with van der Waals surface area (Å²) >= 11 is 2.49. The van der Waals surface area contributed by atoms with Gasteiger partial charge in [0.2, 0.25) is 0 Å². The molecule has 0 aromatic heterocycles. The predicted octanol–water partition coefficient (Wildman–Crippen LogP) is 8.98. The predicted molar refractivity (Wildman–Crippen MR) is 136 cm³/mol. The van der Waals surface area contributed by atoms with E-state index in [1.54, 1.807) is 5.57 Å². The van der Waals surface area contributed by atoms with Gasteiger partial charge >= 0.3 is 0 Å². The van der Waals surface area contributed by atoms with Crippen molar-refractivity contribution < 1.29 is 4.43 Å². The maximum absolute atomic E-state index is 6.87. The van der Waals surface area contributed by atoms with E-state index in [0.717, 1.165) is 17.8 Å². The molecule has 2 saturated carbocycles. The molecule has 5 atom stereocenters. The Hall–Kier alpha value is 0.647. The molecule has 0 unspecified atom stereocenters. The highest BCUT2D eigenvalue weighted by atomic mass is 127. The van der Waals surface area contributed by atoms with Gasteiger partial charge in [0.1, 0.15) is 0 Å². The molecule has 0 aliphatic heterocycles. The summed E-state index contributed by atoms with van der Waals surface area (Å²) in [6, 6.07) is 0. The van der Waals surface area contributed by atoms with Crippen LogP contribution in [0, 0.1) is 29.1 Å². The Balaban J connectivity index is 2.02. The Bertz CT molecular complexity index is 547. The van der Waals surface area contributed by atoms with E-state index in [1.165, 1.54) is 44.9 Å². The maximum atomic E-state index is 6.87. The highest BCUT2D eigenvalue weighted by Gasteiger charge is 2.50. The van der Waals surface area contributed by atoms with Gasteiger partial charge < -0.3 is 4.43 Å². The Labute approximate surface area is 191 Å². The van der Waals surface area contributed by atoms with E-state index >= 15 is 0 Å². The molecule has 0 amide bonds. The molecule has 2 rings (SSSR count). The van der Waals surface area contributed by atoms with E-state index in [1.807, 2.05) is 0 Å². The smallest absolute Gasteiger partial charge is 0.192 e. The minimum absolute atomic E-state index is 0.294. The van der Waals surface area contributed by atoms with Gasteiger partial charge in [0.15, 0.2) is 8.32 Å². The summed E-state index contributed by atoms with van der Waals surface area (Å²) in [5.74, 6) is 3.17. The normalized spacial score (nSPS) is 32.6. The molecule has 0 N–H and O–H groups in total. The van der Waals surface area contributed by atoms with Gasteiger partial charge in [-0.25, -0.2) is 0 Å². The van der Waals surface area contributed by atoms with Crippen molar-refractivity contribution >= 4 is 30.9 Å². The van der Waals surface area contributed by atoms with Crippen molar-refractivity contribution in [3.05, 3.63) is 9.66 Å². The van der Waals surface area contributed by atoms with Crippen LogP contribution in [0.25, 0.3) is 0 Å². The van der Waals surface area contributed by atoms with Gasteiger partial charge in [0.05, 0.1) is 0 Å². The molecule has 2 fully saturated rings. The van der Waals surface area contributed by atoms with E-state index in [0.29, 0.717) is 22.5 Å². The van der Waals surface area contributed by atoms with E-state index < -0.39 is 8.32 Å². The first kappa shape index (κ1) is 24.9. The van der Waals surface area contributed by atoms with Crippen LogP contribution < -0.4 is 0 Å². The van der Waals surface area contributed by atoms with E-state index in [4.69, 9.17) is 4.43 Å². The summed E-state index contributed by atoms with van der Waals surface area (Å²) in [6.07, 6.45) is 10.0. The number of rotatable bonds is 7. The van der Waals surface area contributed by atoms with Crippen molar-refractivity contribution in [1.29, 1.82) is 0 Å². The average Bonchev–Trinajstić information content (AvgIpc) is 2.93. The van der Waals surface area contributed by atoms with Crippen LogP contribution in [0.1, 0.15) is 93.4 Å². The Morgan fingerprint density at radius 3 is 2.36 bits per heavy atom. The second-order valence-electron chi connectivity index (χ2n) is 12.0. The van der Waals surface area contributed by atoms with E-state index in [2.05, 4.69) is 88.2 Å². The fraction of sp³-hybridized carbons (Fsp3) is 0.920. The fourth-order valence-electron chi connectivity index (χ4n) is 5.86. The standard InChI is InChI=1S/C25H47IOSi/c1-18(2)23(27-28(8,9)24(4,5)6)15-12-19(3)21-13-14-22-20(17-26)11-10-16-25(21,22)7/h17-19,21-23H,10-16H2,1-9H3/b20-17+/t19-,21-,22+,23-,25-/m1/s1. The van der Waals surface area contributed by atoms with Gasteiger partial charge in [-0.05, 0) is 96.2 Å². The van der Waals surface area contributed by atoms with Crippen LogP contribution in [-0.4, -0.2) is 14.4 Å². The molecular formula is C25H47IOSi. The number of halogens is 1. The zero-order valence-electron chi connectivity index (χ0n) is 20.2. The first-order chi connectivity index (χ1) is 12.8. The highest BCUT2D eigenvalue weighted by Crippen LogP contribution is 2.60. The van der Waals surface area contributed by atoms with E-state index in [9.17, 15) is 0 Å². The van der Waals surface area contributed by atoms with Crippen molar-refractivity contribution in [3.63, 3.8) is 0 Å². The molecule has 164 valence electrons. The first-order valence-electron chi connectivity index (χ1n) is 11.8. The molecular weight excluding hydrogens is 471 g/mol. The van der Waals surface area contributed by atoms with Crippen LogP contribution in [0.15, 0.2) is 9.66 Å². The lowest BCUT2D eigenvalue weighted by molar-refractivity contribution is 0.0753. The molecule has 1 nitrogen and oxygen atoms in total. The quantitative estimate of drug-likeness (QED) is 0.241. The molecule has 0 spiro atoms. The van der Waals surface area contributed by atoms with Crippen molar-refractivity contribution in [3.8, 4) is 0 Å². The molecule has 0 saturated heterocycles. The lowest BCUT2D eigenvalue weighted by atomic mass is 9.61. The largest absolute Gasteiger partial charge is 0.414 e. The molecule has 0 bridgehead atoms. The summed E-state index contributed by atoms with van der Waals surface area (Å²) in [7, 11) is -1.70. The fourth-order valence-corrected chi connectivity index (χ4v) is 8.10. The van der Waals surface area contributed by atoms with Crippen molar-refractivity contribution in [2.75, 3.05) is 0 Å². The van der Waals surface area contributed by atoms with Crippen LogP contribution in [0.4, 0.5) is 0 Å². The summed E-state index contributed by atoms with van der Waals surface area (Å²) in [4.78, 5) is 0. The molecule has 2 aliphatic carbocycles. The number of allylic oxidation sites excluding steroid dienone is 1. The number of hydrogen-bond donors (Lipinski definition) is 0. The van der Waals surface area contributed by atoms with Gasteiger partial charge in [-0.1, -0.05) is 76.6 Å². The second kappa shape index (κ2) is 9.42. The molecule has 0 aromatic rings. The maximum Gasteiger partial charge on any atom is 0.192 e. The van der Waals surface area contributed by atoms with Crippen LogP contribution in [0.3, 0.4) is 0 Å². The van der Waals surface area contributed by atoms with Crippen LogP contribution in [0.5, 0.6) is 0 Å². The number of fused-ring (bicyclic) bond motifs is 1. The third-order valence-electron chi connectivity index (χ3n) is 8.77. The third-order valence-corrected chi connectivity index (χ3v) is 14.1. The molecule has 0 heterocycles. The summed E-state index contributed by atoms with van der Waals surface area (Å²) in [5, 5.41) is 0.294. The summed E-state index contributed by atoms with van der Waals surface area (Å²) in [6.45, 7) is 21.8. The third kappa shape index (κ3) is 5.27. The SMILES string of the molecule is CC(C)[C@@H](CC[C@@H](C)[C@H]1CC[C@H]2/C(=C/I)CCC[C@]12C)O[Si](C)(C)C(C)(C)C. The lowest BCUT2D eigenvalue weighted by Gasteiger charge is -2.45. The Morgan fingerprint density at radius 2 is 1.82 bits per heavy atom. The Morgan fingerprint density at radius 1 is 1.18 bits per heavy atom. The van der Waals surface area contributed by atoms with Gasteiger partial charge in [0, 0.05) is 6.10 Å². The van der Waals surface area contributed by atoms with Crippen LogP contribution in [0.2, 0.25) is 18.1 Å². The van der Waals surface area contributed by atoms with Crippen LogP contribution >= 0.6 is 22.6 Å². The zero-order valence-corrected chi connectivity index (χ0v) is 23.4. The minimum Gasteiger partial charge on any atom is -0.414 e. The Kier molecular flexibility index (Phi) is 8.38. The van der Waals surface area contributed by atoms with Crippen LogP contribution in [-0.2, 0) is 4.43 Å². The van der Waals surface area contributed by atoms with Crippen molar-refractivity contribution in [2.24, 2.45) is 29.1 Å². The average molecular weight is 519 g/mol. The van der Waals surface area contributed by atoms with Crippen molar-refractivity contribution in [1.82, 2.24) is 0 Å². The topological polar surface area (TPSA) is 9.23 Å². The van der Waals surface area contributed by atoms with Gasteiger partial charge in [-0.2, -0.15) is 0 Å². The molecule has 28 heavy (non-hydrogen) atoms. The minimum atomic E-state index is -1.70. The summed E-state index contributed by atoms with van der Waals surface area (Å²) in [5.41, 5.74) is 2.30. The number of hydrogen-bond acceptors (Lipinski definition) is 1. The molecule has 0 radical (unpaired) electrons. The molecule has 3 heteroatoms. The van der Waals surface area contributed by atoms with Gasteiger partial charge in [0.25, 0.3) is 0 Å². The zero-order chi connectivity index (χ0) is 21.3. The highest BCUT2D eigenvalue weighted by molar-refractivity contribution is 14.1. The second-order valence-corrected chi connectivity index (χ2v) is 17.4. The monoisotopic (exact) mass is 518 g/mol. The van der Waals surface area contributed by atoms with Crippen molar-refractivity contribution in [2.45, 2.75) is 118 Å². The van der Waals surface area contributed by atoms with E-state index in [-0.39, 0.29) is 0 Å². The first-order valence-corrected chi connectivity index (χ1v) is 16.0.